The van der Waals surface area contributed by atoms with Gasteiger partial charge in [0.2, 0.25) is 0 Å². The van der Waals surface area contributed by atoms with Gasteiger partial charge < -0.3 is 5.32 Å². The van der Waals surface area contributed by atoms with Crippen LogP contribution >= 0.6 is 11.3 Å². The smallest absolute Gasteiger partial charge is 0.269 e. The van der Waals surface area contributed by atoms with Crippen molar-refractivity contribution in [2.75, 3.05) is 10.2 Å². The van der Waals surface area contributed by atoms with Gasteiger partial charge in [-0.15, -0.1) is 11.3 Å². The quantitative estimate of drug-likeness (QED) is 0.492. The summed E-state index contributed by atoms with van der Waals surface area (Å²) in [5, 5.41) is 5.47. The summed E-state index contributed by atoms with van der Waals surface area (Å²) in [6.45, 7) is 6.30. The second kappa shape index (κ2) is 7.75. The van der Waals surface area contributed by atoms with Gasteiger partial charge in [-0.05, 0) is 47.9 Å². The highest BCUT2D eigenvalue weighted by molar-refractivity contribution is 7.12. The number of Topliss-reactive ketones (excluding diaryl/α,β-unsaturated/α-hetero) is 1. The molecule has 0 bridgehead atoms. The van der Waals surface area contributed by atoms with Crippen molar-refractivity contribution in [1.29, 1.82) is 0 Å². The Hall–Kier alpha value is -3.18. The average molecular weight is 443 g/mol. The van der Waals surface area contributed by atoms with Crippen LogP contribution in [0.1, 0.15) is 53.5 Å². The second-order valence-corrected chi connectivity index (χ2v) is 10.4. The van der Waals surface area contributed by atoms with Crippen molar-refractivity contribution in [3.8, 4) is 0 Å². The molecule has 0 spiro atoms. The Morgan fingerprint density at radius 3 is 2.50 bits per heavy atom. The number of fused-ring (bicyclic) bond motifs is 1. The molecule has 1 atom stereocenters. The van der Waals surface area contributed by atoms with Gasteiger partial charge in [-0.2, -0.15) is 0 Å². The highest BCUT2D eigenvalue weighted by Gasteiger charge is 2.43. The van der Waals surface area contributed by atoms with Crippen molar-refractivity contribution in [2.24, 2.45) is 5.41 Å². The summed E-state index contributed by atoms with van der Waals surface area (Å²) in [5.41, 5.74) is 5.21. The number of nitrogens with one attached hydrogen (secondary N) is 1. The Kier molecular flexibility index (Phi) is 5.01. The van der Waals surface area contributed by atoms with E-state index < -0.39 is 6.04 Å². The normalized spacial score (nSPS) is 19.7. The maximum absolute atomic E-state index is 13.9. The topological polar surface area (TPSA) is 49.4 Å². The van der Waals surface area contributed by atoms with E-state index in [0.717, 1.165) is 34.6 Å². The molecule has 0 radical (unpaired) electrons. The van der Waals surface area contributed by atoms with Crippen LogP contribution in [0.25, 0.3) is 0 Å². The summed E-state index contributed by atoms with van der Waals surface area (Å²) in [5.74, 6) is 0.0114. The van der Waals surface area contributed by atoms with Gasteiger partial charge >= 0.3 is 0 Å². The molecular weight excluding hydrogens is 416 g/mol. The lowest BCUT2D eigenvalue weighted by Gasteiger charge is -2.37. The van der Waals surface area contributed by atoms with Crippen molar-refractivity contribution in [1.82, 2.24) is 0 Å². The molecule has 3 aromatic rings. The zero-order valence-electron chi connectivity index (χ0n) is 18.5. The Balaban J connectivity index is 1.79. The third-order valence-corrected chi connectivity index (χ3v) is 7.10. The number of ketones is 1. The molecule has 162 valence electrons. The van der Waals surface area contributed by atoms with E-state index >= 15 is 0 Å². The number of allylic oxidation sites excluding steroid dienone is 1. The first kappa shape index (κ1) is 20.7. The van der Waals surface area contributed by atoms with Gasteiger partial charge in [0.15, 0.2) is 5.78 Å². The molecule has 2 aromatic carbocycles. The summed E-state index contributed by atoms with van der Waals surface area (Å²) in [6.07, 6.45) is 1.22. The summed E-state index contributed by atoms with van der Waals surface area (Å²) in [4.78, 5) is 30.0. The largest absolute Gasteiger partial charge is 0.357 e. The number of rotatable bonds is 2. The molecule has 0 saturated heterocycles. The van der Waals surface area contributed by atoms with Crippen LogP contribution in [0.4, 0.5) is 11.4 Å². The van der Waals surface area contributed by atoms with Gasteiger partial charge in [0.25, 0.3) is 5.91 Å². The van der Waals surface area contributed by atoms with Crippen LogP contribution in [0.2, 0.25) is 0 Å². The van der Waals surface area contributed by atoms with Crippen LogP contribution in [0.15, 0.2) is 77.3 Å². The Morgan fingerprint density at radius 2 is 1.78 bits per heavy atom. The van der Waals surface area contributed by atoms with Gasteiger partial charge in [0.05, 0.1) is 22.3 Å². The van der Waals surface area contributed by atoms with E-state index in [0.29, 0.717) is 16.9 Å². The van der Waals surface area contributed by atoms with E-state index in [4.69, 9.17) is 0 Å². The minimum atomic E-state index is -0.486. The van der Waals surface area contributed by atoms with E-state index in [2.05, 4.69) is 19.2 Å². The molecule has 2 aliphatic rings. The summed E-state index contributed by atoms with van der Waals surface area (Å²) in [6, 6.07) is 19.3. The van der Waals surface area contributed by atoms with Crippen molar-refractivity contribution < 1.29 is 9.59 Å². The van der Waals surface area contributed by atoms with E-state index in [1.165, 1.54) is 11.3 Å². The highest BCUT2D eigenvalue weighted by Crippen LogP contribution is 2.48. The first-order chi connectivity index (χ1) is 15.3. The molecule has 1 unspecified atom stereocenters. The maximum Gasteiger partial charge on any atom is 0.269 e. The van der Waals surface area contributed by atoms with Crippen LogP contribution in [0, 0.1) is 12.3 Å². The Bertz CT molecular complexity index is 1220. The van der Waals surface area contributed by atoms with Crippen molar-refractivity contribution in [3.05, 3.63) is 93.3 Å². The van der Waals surface area contributed by atoms with E-state index in [-0.39, 0.29) is 17.1 Å². The van der Waals surface area contributed by atoms with Crippen LogP contribution in [0.5, 0.6) is 0 Å². The monoisotopic (exact) mass is 442 g/mol. The molecule has 1 N–H and O–H groups in total. The number of carbonyl (C=O) groups excluding carboxylic acids is 2. The second-order valence-electron chi connectivity index (χ2n) is 9.44. The molecule has 1 aliphatic heterocycles. The van der Waals surface area contributed by atoms with Gasteiger partial charge in [-0.3, -0.25) is 14.5 Å². The fraction of sp³-hybridized carbons (Fsp3) is 0.259. The summed E-state index contributed by atoms with van der Waals surface area (Å²) < 4.78 is 0. The molecule has 5 rings (SSSR count). The molecule has 1 amide bonds. The van der Waals surface area contributed by atoms with E-state index in [9.17, 15) is 9.59 Å². The highest BCUT2D eigenvalue weighted by atomic mass is 32.1. The summed E-state index contributed by atoms with van der Waals surface area (Å²) in [7, 11) is 0. The lowest BCUT2D eigenvalue weighted by molar-refractivity contribution is -0.118. The molecule has 5 heteroatoms. The van der Waals surface area contributed by atoms with E-state index in [1.807, 2.05) is 77.9 Å². The third kappa shape index (κ3) is 3.56. The molecule has 32 heavy (non-hydrogen) atoms. The van der Waals surface area contributed by atoms with Crippen LogP contribution in [-0.4, -0.2) is 11.7 Å². The molecule has 2 heterocycles. The lowest BCUT2D eigenvalue weighted by atomic mass is 9.73. The first-order valence-corrected chi connectivity index (χ1v) is 11.8. The number of thiophene rings is 1. The Labute approximate surface area is 192 Å². The van der Waals surface area contributed by atoms with Crippen molar-refractivity contribution >= 4 is 34.4 Å². The molecular formula is C27H26N2O2S. The lowest BCUT2D eigenvalue weighted by Crippen LogP contribution is -2.39. The molecule has 0 saturated carbocycles. The number of anilines is 2. The standard InChI is InChI=1S/C27H26N2O2S/c1-17-10-12-18(13-11-17)25-24-20(15-27(2,3)16-22(24)30)28-19-7-4-5-8-21(19)29(25)26(31)23-9-6-14-32-23/h4-14,25,28H,15-16H2,1-3H3. The minimum absolute atomic E-state index is 0.0915. The number of para-hydroxylation sites is 2. The van der Waals surface area contributed by atoms with Crippen LogP contribution in [0.3, 0.4) is 0 Å². The minimum Gasteiger partial charge on any atom is -0.357 e. The third-order valence-electron chi connectivity index (χ3n) is 6.24. The predicted octanol–water partition coefficient (Wildman–Crippen LogP) is 6.51. The average Bonchev–Trinajstić information content (AvgIpc) is 3.23. The van der Waals surface area contributed by atoms with E-state index in [1.54, 1.807) is 0 Å². The van der Waals surface area contributed by atoms with Gasteiger partial charge in [-0.1, -0.05) is 61.9 Å². The number of aryl methyl sites for hydroxylation is 1. The number of benzene rings is 2. The first-order valence-electron chi connectivity index (χ1n) is 10.9. The Morgan fingerprint density at radius 1 is 1.03 bits per heavy atom. The zero-order chi connectivity index (χ0) is 22.5. The number of hydrogen-bond acceptors (Lipinski definition) is 4. The number of hydrogen-bond donors (Lipinski definition) is 1. The van der Waals surface area contributed by atoms with Gasteiger partial charge in [0.1, 0.15) is 0 Å². The fourth-order valence-electron chi connectivity index (χ4n) is 4.79. The molecule has 0 fully saturated rings. The zero-order valence-corrected chi connectivity index (χ0v) is 19.3. The number of nitrogens with zero attached hydrogens (tertiary/aromatic N) is 1. The van der Waals surface area contributed by atoms with Crippen LogP contribution in [-0.2, 0) is 4.79 Å². The molecule has 1 aliphatic carbocycles. The molecule has 4 nitrogen and oxygen atoms in total. The summed E-state index contributed by atoms with van der Waals surface area (Å²) >= 11 is 1.42. The predicted molar refractivity (Wildman–Crippen MR) is 130 cm³/mol. The van der Waals surface area contributed by atoms with Gasteiger partial charge in [-0.25, -0.2) is 0 Å². The number of carbonyl (C=O) groups is 2. The maximum atomic E-state index is 13.9. The SMILES string of the molecule is Cc1ccc(C2C3=C(CC(C)(C)CC3=O)Nc3ccccc3N2C(=O)c2cccs2)cc1. The van der Waals surface area contributed by atoms with Crippen molar-refractivity contribution in [3.63, 3.8) is 0 Å². The molecule has 1 aromatic heterocycles. The number of amides is 1. The van der Waals surface area contributed by atoms with Crippen molar-refractivity contribution in [2.45, 2.75) is 39.7 Å². The van der Waals surface area contributed by atoms with Gasteiger partial charge in [0, 0.05) is 17.7 Å². The van der Waals surface area contributed by atoms with Crippen LogP contribution < -0.4 is 10.2 Å². The fourth-order valence-corrected chi connectivity index (χ4v) is 5.45.